The number of ether oxygens (including phenoxy) is 3. The molecule has 1 N–H and O–H groups in total. The van der Waals surface area contributed by atoms with Crippen molar-refractivity contribution in [3.05, 3.63) is 24.4 Å². The van der Waals surface area contributed by atoms with E-state index in [1.807, 2.05) is 18.2 Å². The second-order valence-electron chi connectivity index (χ2n) is 7.79. The standard InChI is InChI=1S/C18H26N2O3.C2HF3O2/c1-2-8-19-17(3-1)23-16-13-18(22-14-16)6-9-20(10-7-18)15-4-11-21-12-5-15;3-2(4,5)1(6)7/h1-3,8,15-16H,4-7,9-14H2;(H,6,7). The molecule has 1 aromatic heterocycles. The number of carbonyl (C=O) groups is 1. The Balaban J connectivity index is 0.000000318. The molecule has 30 heavy (non-hydrogen) atoms. The van der Waals surface area contributed by atoms with Crippen molar-refractivity contribution in [3.8, 4) is 5.88 Å². The molecule has 7 nitrogen and oxygen atoms in total. The van der Waals surface area contributed by atoms with Gasteiger partial charge in [-0.1, -0.05) is 6.07 Å². The third-order valence-electron chi connectivity index (χ3n) is 5.76. The Bertz CT molecular complexity index is 675. The molecule has 3 aliphatic heterocycles. The highest BCUT2D eigenvalue weighted by atomic mass is 19.4. The highest BCUT2D eigenvalue weighted by Gasteiger charge is 2.44. The zero-order chi connectivity index (χ0) is 21.6. The van der Waals surface area contributed by atoms with Gasteiger partial charge in [-0.3, -0.25) is 4.90 Å². The topological polar surface area (TPSA) is 81.1 Å². The maximum absolute atomic E-state index is 10.6. The second-order valence-corrected chi connectivity index (χ2v) is 7.79. The van der Waals surface area contributed by atoms with Crippen molar-refractivity contribution >= 4 is 5.97 Å². The summed E-state index contributed by atoms with van der Waals surface area (Å²) in [5.74, 6) is -2.05. The number of piperidine rings is 1. The smallest absolute Gasteiger partial charge is 0.475 e. The van der Waals surface area contributed by atoms with Crippen molar-refractivity contribution < 1.29 is 37.3 Å². The van der Waals surface area contributed by atoms with Gasteiger partial charge in [-0.15, -0.1) is 0 Å². The summed E-state index contributed by atoms with van der Waals surface area (Å²) in [4.78, 5) is 15.8. The van der Waals surface area contributed by atoms with Crippen molar-refractivity contribution in [3.63, 3.8) is 0 Å². The molecule has 10 heteroatoms. The molecule has 1 atom stereocenters. The minimum Gasteiger partial charge on any atom is -0.475 e. The summed E-state index contributed by atoms with van der Waals surface area (Å²) in [7, 11) is 0. The molecule has 3 fully saturated rings. The average Bonchev–Trinajstić information content (AvgIpc) is 3.11. The molecule has 0 bridgehead atoms. The third kappa shape index (κ3) is 6.29. The van der Waals surface area contributed by atoms with E-state index in [1.165, 1.54) is 12.8 Å². The Morgan fingerprint density at radius 2 is 1.90 bits per heavy atom. The maximum atomic E-state index is 10.6. The molecule has 4 heterocycles. The number of rotatable bonds is 3. The van der Waals surface area contributed by atoms with Gasteiger partial charge in [0.1, 0.15) is 6.10 Å². The predicted molar refractivity (Wildman–Crippen MR) is 100 cm³/mol. The molecule has 168 valence electrons. The first-order valence-corrected chi connectivity index (χ1v) is 10.1. The zero-order valence-electron chi connectivity index (χ0n) is 16.6. The van der Waals surface area contributed by atoms with Crippen LogP contribution in [-0.4, -0.2) is 77.8 Å². The molecule has 3 aliphatic rings. The lowest BCUT2D eigenvalue weighted by atomic mass is 9.87. The van der Waals surface area contributed by atoms with E-state index in [1.54, 1.807) is 6.20 Å². The monoisotopic (exact) mass is 432 g/mol. The fraction of sp³-hybridized carbons (Fsp3) is 0.700. The Morgan fingerprint density at radius 1 is 1.23 bits per heavy atom. The molecule has 0 amide bonds. The van der Waals surface area contributed by atoms with Gasteiger partial charge in [0.25, 0.3) is 0 Å². The van der Waals surface area contributed by atoms with Gasteiger partial charge in [0.15, 0.2) is 0 Å². The van der Waals surface area contributed by atoms with Crippen LogP contribution in [0.2, 0.25) is 0 Å². The van der Waals surface area contributed by atoms with Gasteiger partial charge in [0, 0.05) is 51.0 Å². The number of aromatic nitrogens is 1. The minimum absolute atomic E-state index is 0.0289. The van der Waals surface area contributed by atoms with Gasteiger partial charge in [-0.05, 0) is 31.7 Å². The van der Waals surface area contributed by atoms with Crippen LogP contribution in [0.3, 0.4) is 0 Å². The van der Waals surface area contributed by atoms with Crippen molar-refractivity contribution in [2.24, 2.45) is 0 Å². The molecular formula is C20H27F3N2O5. The van der Waals surface area contributed by atoms with Gasteiger partial charge in [-0.2, -0.15) is 13.2 Å². The van der Waals surface area contributed by atoms with Crippen LogP contribution in [0.5, 0.6) is 5.88 Å². The number of hydrogen-bond donors (Lipinski definition) is 1. The number of halogens is 3. The summed E-state index contributed by atoms with van der Waals surface area (Å²) in [6.07, 6.45) is 2.41. The lowest BCUT2D eigenvalue weighted by molar-refractivity contribution is -0.192. The number of carboxylic acid groups (broad SMARTS) is 1. The van der Waals surface area contributed by atoms with Crippen LogP contribution in [0.25, 0.3) is 0 Å². The van der Waals surface area contributed by atoms with E-state index in [4.69, 9.17) is 24.1 Å². The van der Waals surface area contributed by atoms with E-state index >= 15 is 0 Å². The fourth-order valence-corrected chi connectivity index (χ4v) is 4.16. The number of hydrogen-bond acceptors (Lipinski definition) is 6. The summed E-state index contributed by atoms with van der Waals surface area (Å²) in [6.45, 7) is 4.81. The van der Waals surface area contributed by atoms with Gasteiger partial charge in [0.05, 0.1) is 12.2 Å². The Hall–Kier alpha value is -1.91. The van der Waals surface area contributed by atoms with Crippen molar-refractivity contribution in [1.82, 2.24) is 9.88 Å². The first kappa shape index (κ1) is 22.8. The van der Waals surface area contributed by atoms with Crippen LogP contribution in [0, 0.1) is 0 Å². The quantitative estimate of drug-likeness (QED) is 0.787. The number of pyridine rings is 1. The van der Waals surface area contributed by atoms with Gasteiger partial charge < -0.3 is 19.3 Å². The van der Waals surface area contributed by atoms with Crippen LogP contribution in [0.1, 0.15) is 32.1 Å². The average molecular weight is 432 g/mol. The normalized spacial score (nSPS) is 24.8. The summed E-state index contributed by atoms with van der Waals surface area (Å²) < 4.78 is 49.4. The van der Waals surface area contributed by atoms with Crippen LogP contribution in [0.15, 0.2) is 24.4 Å². The van der Waals surface area contributed by atoms with E-state index in [-0.39, 0.29) is 11.7 Å². The number of aliphatic carboxylic acids is 1. The molecule has 0 radical (unpaired) electrons. The highest BCUT2D eigenvalue weighted by molar-refractivity contribution is 5.73. The highest BCUT2D eigenvalue weighted by Crippen LogP contribution is 2.38. The number of likely N-dealkylation sites (tertiary alicyclic amines) is 1. The van der Waals surface area contributed by atoms with Crippen molar-refractivity contribution in [1.29, 1.82) is 0 Å². The Kier molecular flexibility index (Phi) is 7.54. The lowest BCUT2D eigenvalue weighted by Gasteiger charge is -2.43. The largest absolute Gasteiger partial charge is 0.490 e. The fourth-order valence-electron chi connectivity index (χ4n) is 4.16. The maximum Gasteiger partial charge on any atom is 0.490 e. The van der Waals surface area contributed by atoms with Gasteiger partial charge in [-0.25, -0.2) is 9.78 Å². The van der Waals surface area contributed by atoms with Gasteiger partial charge >= 0.3 is 12.1 Å². The molecule has 0 aliphatic carbocycles. The lowest BCUT2D eigenvalue weighted by Crippen LogP contribution is -2.49. The molecule has 1 unspecified atom stereocenters. The third-order valence-corrected chi connectivity index (χ3v) is 5.76. The molecule has 4 rings (SSSR count). The second kappa shape index (κ2) is 9.93. The van der Waals surface area contributed by atoms with Crippen LogP contribution < -0.4 is 4.74 Å². The van der Waals surface area contributed by atoms with E-state index < -0.39 is 12.1 Å². The van der Waals surface area contributed by atoms with Crippen LogP contribution in [-0.2, 0) is 14.3 Å². The van der Waals surface area contributed by atoms with Gasteiger partial charge in [0.2, 0.25) is 5.88 Å². The molecule has 0 aromatic carbocycles. The molecule has 1 aromatic rings. The van der Waals surface area contributed by atoms with E-state index in [2.05, 4.69) is 9.88 Å². The first-order valence-electron chi connectivity index (χ1n) is 10.1. The molecule has 0 saturated carbocycles. The Morgan fingerprint density at radius 3 is 2.47 bits per heavy atom. The summed E-state index contributed by atoms with van der Waals surface area (Å²) in [5, 5.41) is 7.12. The molecule has 1 spiro atoms. The van der Waals surface area contributed by atoms with E-state index in [0.29, 0.717) is 18.5 Å². The van der Waals surface area contributed by atoms with Crippen molar-refractivity contribution in [2.45, 2.75) is 56.0 Å². The summed E-state index contributed by atoms with van der Waals surface area (Å²) >= 11 is 0. The van der Waals surface area contributed by atoms with E-state index in [9.17, 15) is 13.2 Å². The first-order chi connectivity index (χ1) is 14.3. The summed E-state index contributed by atoms with van der Waals surface area (Å²) in [6, 6.07) is 6.49. The zero-order valence-corrected chi connectivity index (χ0v) is 16.6. The molecular weight excluding hydrogens is 405 g/mol. The van der Waals surface area contributed by atoms with Crippen molar-refractivity contribution in [2.75, 3.05) is 32.9 Å². The minimum atomic E-state index is -5.08. The SMILES string of the molecule is O=C(O)C(F)(F)F.c1ccc(OC2COC3(CCN(C4CCOCC4)CC3)C2)nc1. The van der Waals surface area contributed by atoms with Crippen LogP contribution in [0.4, 0.5) is 13.2 Å². The van der Waals surface area contributed by atoms with Crippen LogP contribution >= 0.6 is 0 Å². The summed E-state index contributed by atoms with van der Waals surface area (Å²) in [5.41, 5.74) is 0.0289. The Labute approximate surface area is 173 Å². The number of nitrogens with zero attached hydrogens (tertiary/aromatic N) is 2. The van der Waals surface area contributed by atoms with E-state index in [0.717, 1.165) is 45.6 Å². The predicted octanol–water partition coefficient (Wildman–Crippen LogP) is 2.90. The number of alkyl halides is 3. The molecule has 3 saturated heterocycles. The number of carboxylic acids is 1.